The van der Waals surface area contributed by atoms with Crippen LogP contribution in [0.1, 0.15) is 18.7 Å². The van der Waals surface area contributed by atoms with E-state index in [2.05, 4.69) is 11.6 Å². The SMILES string of the molecule is CCOP(=O)(C#Cc1cccs1)OCC. The van der Waals surface area contributed by atoms with Crippen molar-refractivity contribution in [2.24, 2.45) is 0 Å². The van der Waals surface area contributed by atoms with Gasteiger partial charge in [-0.1, -0.05) is 6.07 Å². The second-order valence-corrected chi connectivity index (χ2v) is 5.23. The molecule has 15 heavy (non-hydrogen) atoms. The van der Waals surface area contributed by atoms with Gasteiger partial charge in [0.1, 0.15) is 0 Å². The standard InChI is InChI=1S/C10H13O3PS/c1-3-12-14(11,13-4-2)8-7-10-6-5-9-15-10/h5-6,9H,3-4H2,1-2H3. The van der Waals surface area contributed by atoms with Crippen molar-refractivity contribution in [2.45, 2.75) is 13.8 Å². The fourth-order valence-electron chi connectivity index (χ4n) is 0.915. The Bertz CT molecular complexity index is 379. The van der Waals surface area contributed by atoms with E-state index in [1.54, 1.807) is 13.8 Å². The molecule has 1 aromatic heterocycles. The number of thiophene rings is 1. The molecule has 0 atom stereocenters. The molecule has 0 fully saturated rings. The molecule has 0 aromatic carbocycles. The molecule has 0 unspecified atom stereocenters. The summed E-state index contributed by atoms with van der Waals surface area (Å²) in [6, 6.07) is 3.75. The summed E-state index contributed by atoms with van der Waals surface area (Å²) in [6.45, 7) is 4.18. The highest BCUT2D eigenvalue weighted by molar-refractivity contribution is 7.59. The molecule has 0 spiro atoms. The monoisotopic (exact) mass is 244 g/mol. The third kappa shape index (κ3) is 4.19. The molecule has 0 radical (unpaired) electrons. The molecule has 82 valence electrons. The normalized spacial score (nSPS) is 10.8. The largest absolute Gasteiger partial charge is 0.405 e. The van der Waals surface area contributed by atoms with Crippen LogP contribution in [0, 0.1) is 11.6 Å². The summed E-state index contributed by atoms with van der Waals surface area (Å²) in [4.78, 5) is 0.856. The van der Waals surface area contributed by atoms with Gasteiger partial charge in [-0.3, -0.25) is 9.05 Å². The molecule has 0 saturated carbocycles. The molecule has 1 aromatic rings. The molecule has 0 aliphatic heterocycles. The van der Waals surface area contributed by atoms with Crippen LogP contribution in [0.5, 0.6) is 0 Å². The zero-order valence-corrected chi connectivity index (χ0v) is 10.4. The maximum atomic E-state index is 11.9. The Balaban J connectivity index is 2.78. The summed E-state index contributed by atoms with van der Waals surface area (Å²) >= 11 is 1.49. The van der Waals surface area contributed by atoms with Crippen molar-refractivity contribution in [3.05, 3.63) is 22.4 Å². The van der Waals surface area contributed by atoms with Crippen molar-refractivity contribution >= 4 is 18.9 Å². The van der Waals surface area contributed by atoms with Crippen molar-refractivity contribution in [3.63, 3.8) is 0 Å². The van der Waals surface area contributed by atoms with Gasteiger partial charge in [0.15, 0.2) is 0 Å². The van der Waals surface area contributed by atoms with Gasteiger partial charge in [0.25, 0.3) is 0 Å². The first-order valence-electron chi connectivity index (χ1n) is 4.66. The Morgan fingerprint density at radius 1 is 1.40 bits per heavy atom. The predicted octanol–water partition coefficient (Wildman–Crippen LogP) is 3.32. The highest BCUT2D eigenvalue weighted by Crippen LogP contribution is 2.46. The Labute approximate surface area is 94.0 Å². The molecule has 1 rings (SSSR count). The van der Waals surface area contributed by atoms with Gasteiger partial charge < -0.3 is 0 Å². The zero-order valence-electron chi connectivity index (χ0n) is 8.73. The van der Waals surface area contributed by atoms with Crippen LogP contribution in [-0.4, -0.2) is 13.2 Å². The average molecular weight is 244 g/mol. The van der Waals surface area contributed by atoms with Gasteiger partial charge in [-0.25, -0.2) is 4.57 Å². The van der Waals surface area contributed by atoms with Crippen LogP contribution in [0.4, 0.5) is 0 Å². The quantitative estimate of drug-likeness (QED) is 0.602. The second kappa shape index (κ2) is 6.09. The van der Waals surface area contributed by atoms with Gasteiger partial charge in [0.2, 0.25) is 0 Å². The van der Waals surface area contributed by atoms with E-state index in [0.29, 0.717) is 13.2 Å². The van der Waals surface area contributed by atoms with E-state index >= 15 is 0 Å². The fraction of sp³-hybridized carbons (Fsp3) is 0.400. The van der Waals surface area contributed by atoms with Gasteiger partial charge in [0, 0.05) is 5.66 Å². The molecule has 0 aliphatic rings. The summed E-state index contributed by atoms with van der Waals surface area (Å²) in [6.07, 6.45) is 0. The topological polar surface area (TPSA) is 35.5 Å². The van der Waals surface area contributed by atoms with E-state index in [9.17, 15) is 4.57 Å². The summed E-state index contributed by atoms with van der Waals surface area (Å²) < 4.78 is 22.0. The van der Waals surface area contributed by atoms with Crippen LogP contribution in [0.3, 0.4) is 0 Å². The average Bonchev–Trinajstić information content (AvgIpc) is 2.68. The highest BCUT2D eigenvalue weighted by atomic mass is 32.1. The van der Waals surface area contributed by atoms with Gasteiger partial charge in [-0.2, -0.15) is 0 Å². The van der Waals surface area contributed by atoms with Crippen LogP contribution >= 0.6 is 18.9 Å². The first kappa shape index (κ1) is 12.5. The molecular weight excluding hydrogens is 231 g/mol. The van der Waals surface area contributed by atoms with E-state index in [-0.39, 0.29) is 0 Å². The molecule has 3 nitrogen and oxygen atoms in total. The lowest BCUT2D eigenvalue weighted by Gasteiger charge is -2.09. The van der Waals surface area contributed by atoms with Crippen molar-refractivity contribution in [2.75, 3.05) is 13.2 Å². The van der Waals surface area contributed by atoms with Gasteiger partial charge in [-0.05, 0) is 31.2 Å². The van der Waals surface area contributed by atoms with Crippen molar-refractivity contribution in [3.8, 4) is 11.6 Å². The minimum absolute atomic E-state index is 0.330. The smallest absolute Gasteiger partial charge is 0.300 e. The van der Waals surface area contributed by atoms with E-state index in [1.807, 2.05) is 17.5 Å². The first-order chi connectivity index (χ1) is 7.20. The molecule has 0 amide bonds. The number of rotatable bonds is 4. The van der Waals surface area contributed by atoms with Crippen LogP contribution in [-0.2, 0) is 13.6 Å². The highest BCUT2D eigenvalue weighted by Gasteiger charge is 2.19. The fourth-order valence-corrected chi connectivity index (χ4v) is 2.70. The zero-order chi connectivity index (χ0) is 11.1. The lowest BCUT2D eigenvalue weighted by atomic mass is 10.5. The molecule has 1 heterocycles. The summed E-state index contributed by atoms with van der Waals surface area (Å²) in [5, 5.41) is 1.91. The lowest BCUT2D eigenvalue weighted by Crippen LogP contribution is -1.92. The summed E-state index contributed by atoms with van der Waals surface area (Å²) in [5.74, 6) is 2.79. The van der Waals surface area contributed by atoms with Crippen molar-refractivity contribution in [1.82, 2.24) is 0 Å². The number of hydrogen-bond donors (Lipinski definition) is 0. The Hall–Kier alpha value is -0.590. The van der Waals surface area contributed by atoms with E-state index in [1.165, 1.54) is 11.3 Å². The van der Waals surface area contributed by atoms with Gasteiger partial charge >= 0.3 is 7.60 Å². The molecular formula is C10H13O3PS. The van der Waals surface area contributed by atoms with Crippen LogP contribution in [0.15, 0.2) is 17.5 Å². The van der Waals surface area contributed by atoms with Crippen molar-refractivity contribution < 1.29 is 13.6 Å². The molecule has 5 heteroatoms. The molecule has 0 saturated heterocycles. The maximum Gasteiger partial charge on any atom is 0.405 e. The van der Waals surface area contributed by atoms with E-state index < -0.39 is 7.60 Å². The minimum atomic E-state index is -3.21. The lowest BCUT2D eigenvalue weighted by molar-refractivity contribution is 0.230. The Morgan fingerprint density at radius 3 is 2.53 bits per heavy atom. The van der Waals surface area contributed by atoms with E-state index in [0.717, 1.165) is 4.88 Å². The Morgan fingerprint density at radius 2 is 2.07 bits per heavy atom. The second-order valence-electron chi connectivity index (χ2n) is 2.55. The van der Waals surface area contributed by atoms with E-state index in [4.69, 9.17) is 9.05 Å². The van der Waals surface area contributed by atoms with Crippen LogP contribution in [0.2, 0.25) is 0 Å². The van der Waals surface area contributed by atoms with Crippen molar-refractivity contribution in [1.29, 1.82) is 0 Å². The minimum Gasteiger partial charge on any atom is -0.300 e. The van der Waals surface area contributed by atoms with Crippen LogP contribution in [0.25, 0.3) is 0 Å². The maximum absolute atomic E-state index is 11.9. The first-order valence-corrected chi connectivity index (χ1v) is 7.08. The van der Waals surface area contributed by atoms with Gasteiger partial charge in [-0.15, -0.1) is 11.3 Å². The Kier molecular flexibility index (Phi) is 5.07. The third-order valence-electron chi connectivity index (χ3n) is 1.44. The predicted molar refractivity (Wildman–Crippen MR) is 62.1 cm³/mol. The molecule has 0 bridgehead atoms. The third-order valence-corrected chi connectivity index (χ3v) is 3.80. The number of hydrogen-bond acceptors (Lipinski definition) is 4. The summed E-state index contributed by atoms with van der Waals surface area (Å²) in [7, 11) is -3.21. The molecule has 0 N–H and O–H groups in total. The summed E-state index contributed by atoms with van der Waals surface area (Å²) in [5.41, 5.74) is 2.57. The van der Waals surface area contributed by atoms with Gasteiger partial charge in [0.05, 0.1) is 18.1 Å². The van der Waals surface area contributed by atoms with Crippen LogP contribution < -0.4 is 0 Å². The molecule has 0 aliphatic carbocycles.